The molecule has 5 nitrogen and oxygen atoms in total. The molecule has 1 aliphatic heterocycles. The summed E-state index contributed by atoms with van der Waals surface area (Å²) in [5, 5.41) is 2.91. The molecule has 0 bridgehead atoms. The average Bonchev–Trinajstić information content (AvgIpc) is 2.80. The lowest BCUT2D eigenvalue weighted by molar-refractivity contribution is -0.121. The molecule has 0 atom stereocenters. The van der Waals surface area contributed by atoms with Crippen molar-refractivity contribution in [1.82, 2.24) is 5.32 Å². The third-order valence-electron chi connectivity index (χ3n) is 4.76. The number of anilines is 1. The summed E-state index contributed by atoms with van der Waals surface area (Å²) in [7, 11) is 3.37. The van der Waals surface area contributed by atoms with Gasteiger partial charge in [-0.1, -0.05) is 18.2 Å². The van der Waals surface area contributed by atoms with Crippen LogP contribution in [0.1, 0.15) is 35.3 Å². The maximum absolute atomic E-state index is 12.5. The Morgan fingerprint density at radius 2 is 1.92 bits per heavy atom. The second kappa shape index (κ2) is 6.24. The van der Waals surface area contributed by atoms with Crippen LogP contribution < -0.4 is 15.0 Å². The van der Waals surface area contributed by atoms with Crippen LogP contribution in [0.2, 0.25) is 0 Å². The first kappa shape index (κ1) is 17.0. The van der Waals surface area contributed by atoms with Crippen molar-refractivity contribution in [2.75, 3.05) is 19.1 Å². The molecule has 5 heteroatoms. The Bertz CT molecular complexity index is 843. The zero-order valence-corrected chi connectivity index (χ0v) is 14.9. The first-order valence-electron chi connectivity index (χ1n) is 8.19. The monoisotopic (exact) mass is 338 g/mol. The molecule has 3 rings (SSSR count). The lowest BCUT2D eigenvalue weighted by atomic mass is 9.85. The van der Waals surface area contributed by atoms with Gasteiger partial charge in [-0.25, -0.2) is 0 Å². The van der Waals surface area contributed by atoms with E-state index in [1.807, 2.05) is 50.2 Å². The molecule has 1 heterocycles. The van der Waals surface area contributed by atoms with E-state index in [1.54, 1.807) is 25.1 Å². The molecule has 25 heavy (non-hydrogen) atoms. The topological polar surface area (TPSA) is 58.6 Å². The van der Waals surface area contributed by atoms with Crippen LogP contribution in [0.3, 0.4) is 0 Å². The van der Waals surface area contributed by atoms with Gasteiger partial charge in [-0.15, -0.1) is 0 Å². The van der Waals surface area contributed by atoms with Crippen LogP contribution in [0.4, 0.5) is 5.69 Å². The Morgan fingerprint density at radius 1 is 1.20 bits per heavy atom. The summed E-state index contributed by atoms with van der Waals surface area (Å²) in [6.45, 7) is 4.14. The highest BCUT2D eigenvalue weighted by molar-refractivity contribution is 6.08. The molecule has 0 saturated carbocycles. The lowest BCUT2D eigenvalue weighted by Gasteiger charge is -2.16. The Labute approximate surface area is 147 Å². The number of benzene rings is 2. The number of nitrogens with one attached hydrogen (secondary N) is 1. The van der Waals surface area contributed by atoms with Crippen LogP contribution >= 0.6 is 0 Å². The van der Waals surface area contributed by atoms with E-state index in [1.165, 1.54) is 0 Å². The molecule has 0 unspecified atom stereocenters. The van der Waals surface area contributed by atoms with E-state index in [0.29, 0.717) is 12.1 Å². The maximum Gasteiger partial charge on any atom is 0.251 e. The molecule has 0 spiro atoms. The van der Waals surface area contributed by atoms with Crippen molar-refractivity contribution in [3.63, 3.8) is 0 Å². The summed E-state index contributed by atoms with van der Waals surface area (Å²) in [5.41, 5.74) is 2.57. The molecule has 1 aliphatic rings. The molecular weight excluding hydrogens is 316 g/mol. The van der Waals surface area contributed by atoms with Crippen LogP contribution in [-0.2, 0) is 16.8 Å². The van der Waals surface area contributed by atoms with Crippen LogP contribution in [0.25, 0.3) is 0 Å². The number of fused-ring (bicyclic) bond motifs is 1. The fourth-order valence-electron chi connectivity index (χ4n) is 3.24. The molecule has 1 N–H and O–H groups in total. The number of amides is 2. The van der Waals surface area contributed by atoms with Gasteiger partial charge in [0.05, 0.1) is 12.5 Å². The standard InChI is InChI=1S/C20H22N2O3/c1-20(2)15-11-13(9-10-16(15)22(3)19(20)24)18(23)21-12-14-7-5-6-8-17(14)25-4/h5-11H,12H2,1-4H3,(H,21,23). The number of hydrogen-bond donors (Lipinski definition) is 1. The van der Waals surface area contributed by atoms with Gasteiger partial charge in [-0.05, 0) is 43.7 Å². The molecule has 0 saturated heterocycles. The lowest BCUT2D eigenvalue weighted by Crippen LogP contribution is -2.33. The number of carbonyl (C=O) groups is 2. The zero-order chi connectivity index (χ0) is 18.2. The van der Waals surface area contributed by atoms with E-state index >= 15 is 0 Å². The minimum atomic E-state index is -0.622. The fourth-order valence-corrected chi connectivity index (χ4v) is 3.24. The summed E-state index contributed by atoms with van der Waals surface area (Å²) in [4.78, 5) is 26.5. The van der Waals surface area contributed by atoms with Gasteiger partial charge in [-0.3, -0.25) is 9.59 Å². The SMILES string of the molecule is COc1ccccc1CNC(=O)c1ccc2c(c1)C(C)(C)C(=O)N2C. The van der Waals surface area contributed by atoms with E-state index in [0.717, 1.165) is 22.6 Å². The van der Waals surface area contributed by atoms with E-state index in [2.05, 4.69) is 5.32 Å². The highest BCUT2D eigenvalue weighted by Crippen LogP contribution is 2.41. The van der Waals surface area contributed by atoms with Crippen LogP contribution in [0.5, 0.6) is 5.75 Å². The first-order chi connectivity index (χ1) is 11.9. The number of rotatable bonds is 4. The van der Waals surface area contributed by atoms with Gasteiger partial charge < -0.3 is 15.0 Å². The van der Waals surface area contributed by atoms with Gasteiger partial charge >= 0.3 is 0 Å². The molecule has 0 aliphatic carbocycles. The molecule has 2 amide bonds. The van der Waals surface area contributed by atoms with E-state index in [-0.39, 0.29) is 11.8 Å². The molecule has 2 aromatic carbocycles. The first-order valence-corrected chi connectivity index (χ1v) is 8.19. The predicted molar refractivity (Wildman–Crippen MR) is 97.0 cm³/mol. The highest BCUT2D eigenvalue weighted by atomic mass is 16.5. The number of hydrogen-bond acceptors (Lipinski definition) is 3. The van der Waals surface area contributed by atoms with Crippen LogP contribution in [0, 0.1) is 0 Å². The number of methoxy groups -OCH3 is 1. The second-order valence-corrected chi connectivity index (χ2v) is 6.72. The van der Waals surface area contributed by atoms with Crippen molar-refractivity contribution in [3.05, 3.63) is 59.2 Å². The number of likely N-dealkylation sites (N-methyl/N-ethyl adjacent to an activating group) is 1. The van der Waals surface area contributed by atoms with Crippen molar-refractivity contribution < 1.29 is 14.3 Å². The molecule has 0 aromatic heterocycles. The van der Waals surface area contributed by atoms with Crippen LogP contribution in [-0.4, -0.2) is 26.0 Å². The Balaban J connectivity index is 1.81. The average molecular weight is 338 g/mol. The summed E-state index contributed by atoms with van der Waals surface area (Å²) >= 11 is 0. The van der Waals surface area contributed by atoms with Crippen molar-refractivity contribution in [1.29, 1.82) is 0 Å². The van der Waals surface area contributed by atoms with Gasteiger partial charge in [0, 0.05) is 30.4 Å². The van der Waals surface area contributed by atoms with E-state index in [9.17, 15) is 9.59 Å². The van der Waals surface area contributed by atoms with Crippen molar-refractivity contribution in [3.8, 4) is 5.75 Å². The molecular formula is C20H22N2O3. The molecule has 0 fully saturated rings. The number of nitrogens with zero attached hydrogens (tertiary/aromatic N) is 1. The van der Waals surface area contributed by atoms with Gasteiger partial charge in [0.1, 0.15) is 5.75 Å². The van der Waals surface area contributed by atoms with Crippen molar-refractivity contribution in [2.45, 2.75) is 25.8 Å². The fraction of sp³-hybridized carbons (Fsp3) is 0.300. The summed E-state index contributed by atoms with van der Waals surface area (Å²) in [5.74, 6) is 0.602. The molecule has 130 valence electrons. The Morgan fingerprint density at radius 3 is 2.64 bits per heavy atom. The predicted octanol–water partition coefficient (Wildman–Crippen LogP) is 2.88. The van der Waals surface area contributed by atoms with Crippen molar-refractivity contribution in [2.24, 2.45) is 0 Å². The normalized spacial score (nSPS) is 15.0. The van der Waals surface area contributed by atoms with Gasteiger partial charge in [-0.2, -0.15) is 0 Å². The van der Waals surface area contributed by atoms with E-state index < -0.39 is 5.41 Å². The van der Waals surface area contributed by atoms with Crippen molar-refractivity contribution >= 4 is 17.5 Å². The number of carbonyl (C=O) groups excluding carboxylic acids is 2. The Hall–Kier alpha value is -2.82. The van der Waals surface area contributed by atoms with Gasteiger partial charge in [0.2, 0.25) is 5.91 Å². The minimum Gasteiger partial charge on any atom is -0.496 e. The maximum atomic E-state index is 12.5. The minimum absolute atomic E-state index is 0.0362. The quantitative estimate of drug-likeness (QED) is 0.932. The third-order valence-corrected chi connectivity index (χ3v) is 4.76. The summed E-state index contributed by atoms with van der Waals surface area (Å²) < 4.78 is 5.30. The summed E-state index contributed by atoms with van der Waals surface area (Å²) in [6.07, 6.45) is 0. The molecule has 2 aromatic rings. The largest absolute Gasteiger partial charge is 0.496 e. The number of para-hydroxylation sites is 1. The Kier molecular flexibility index (Phi) is 4.25. The van der Waals surface area contributed by atoms with Crippen LogP contribution in [0.15, 0.2) is 42.5 Å². The number of ether oxygens (including phenoxy) is 1. The summed E-state index contributed by atoms with van der Waals surface area (Å²) in [6, 6.07) is 13.0. The second-order valence-electron chi connectivity index (χ2n) is 6.72. The van der Waals surface area contributed by atoms with Gasteiger partial charge in [0.25, 0.3) is 5.91 Å². The third kappa shape index (κ3) is 2.86. The van der Waals surface area contributed by atoms with Gasteiger partial charge in [0.15, 0.2) is 0 Å². The highest BCUT2D eigenvalue weighted by Gasteiger charge is 2.42. The zero-order valence-electron chi connectivity index (χ0n) is 14.9. The van der Waals surface area contributed by atoms with E-state index in [4.69, 9.17) is 4.74 Å². The smallest absolute Gasteiger partial charge is 0.251 e. The molecule has 0 radical (unpaired) electrons.